The number of carboxylic acid groups (broad SMARTS) is 1. The molecule has 0 aromatic heterocycles. The number of aliphatic hydroxyl groups excluding tert-OH is 1. The average Bonchev–Trinajstić information content (AvgIpc) is 3.23. The molecule has 61 heavy (non-hydrogen) atoms. The van der Waals surface area contributed by atoms with Gasteiger partial charge in [0.2, 0.25) is 0 Å². The molecule has 0 spiro atoms. The Balaban J connectivity index is 4.50. The standard InChI is InChI=1S/C48H82NO11P/c1-3-5-7-9-11-13-15-17-18-19-20-21-22-24-26-28-30-32-34-38-47(52)60-44(41-58-61(55,56)59-42-45(49)48(53)54)40-57-46(51)39-35-37-43(50)36-33-31-29-27-25-23-16-14-12-10-8-6-4-2/h6,8,12,14,17-18,23,25,29,31,33,36,43-45,50H,3-5,7,9-11,13,15-16,19-22,24,26-28,30,32,34-35,37-42,49H2,1-2H3,(H,53,54)(H,55,56)/b8-6-,14-12-,18-17-,25-23-,31-29-,36-33+/t43?,44-,45+/m1/s1. The summed E-state index contributed by atoms with van der Waals surface area (Å²) in [6.45, 7) is 2.48. The predicted octanol–water partition coefficient (Wildman–Crippen LogP) is 11.5. The number of carbonyl (C=O) groups is 3. The maximum atomic E-state index is 12.7. The quantitative estimate of drug-likeness (QED) is 0.0149. The number of esters is 2. The number of aliphatic hydroxyl groups is 1. The van der Waals surface area contributed by atoms with Gasteiger partial charge in [-0.3, -0.25) is 23.4 Å². The number of carboxylic acids is 1. The van der Waals surface area contributed by atoms with Crippen molar-refractivity contribution in [3.63, 3.8) is 0 Å². The molecular formula is C48H82NO11P. The number of hydrogen-bond donors (Lipinski definition) is 4. The average molecular weight is 880 g/mol. The topological polar surface area (TPSA) is 192 Å². The highest BCUT2D eigenvalue weighted by Crippen LogP contribution is 2.43. The first-order valence-corrected chi connectivity index (χ1v) is 24.6. The maximum absolute atomic E-state index is 12.7. The van der Waals surface area contributed by atoms with E-state index in [9.17, 15) is 28.9 Å². The fourth-order valence-electron chi connectivity index (χ4n) is 5.91. The molecule has 12 nitrogen and oxygen atoms in total. The Hall–Kier alpha value is -3.12. The van der Waals surface area contributed by atoms with Crippen molar-refractivity contribution in [3.05, 3.63) is 72.9 Å². The Bertz CT molecular complexity index is 1330. The first kappa shape index (κ1) is 57.9. The minimum atomic E-state index is -4.77. The van der Waals surface area contributed by atoms with Gasteiger partial charge in [0.05, 0.1) is 19.3 Å². The zero-order valence-corrected chi connectivity index (χ0v) is 38.5. The van der Waals surface area contributed by atoms with E-state index in [1.54, 1.807) is 12.2 Å². The third-order valence-electron chi connectivity index (χ3n) is 9.54. The SMILES string of the molecule is CC/C=C\C/C=C\C/C=C\C/C=C\C=C\C(O)CCCC(=O)OC[C@H](COP(=O)(O)OC[C@H](N)C(=O)O)OC(=O)CCCCCCCCCCC/C=C\CCCCCCCC. The van der Waals surface area contributed by atoms with Crippen LogP contribution in [0.3, 0.4) is 0 Å². The summed E-state index contributed by atoms with van der Waals surface area (Å²) in [5, 5.41) is 19.2. The van der Waals surface area contributed by atoms with Crippen LogP contribution in [0, 0.1) is 0 Å². The first-order chi connectivity index (χ1) is 29.5. The molecule has 2 unspecified atom stereocenters. The number of unbranched alkanes of at least 4 members (excludes halogenated alkanes) is 15. The van der Waals surface area contributed by atoms with Crippen molar-refractivity contribution in [3.8, 4) is 0 Å². The van der Waals surface area contributed by atoms with Crippen LogP contribution in [0.15, 0.2) is 72.9 Å². The molecular weight excluding hydrogens is 797 g/mol. The van der Waals surface area contributed by atoms with Crippen LogP contribution in [0.2, 0.25) is 0 Å². The molecule has 0 amide bonds. The molecule has 0 heterocycles. The molecule has 0 aromatic rings. The minimum absolute atomic E-state index is 0.0121. The molecule has 0 aromatic carbocycles. The van der Waals surface area contributed by atoms with E-state index < -0.39 is 63.8 Å². The monoisotopic (exact) mass is 880 g/mol. The van der Waals surface area contributed by atoms with Gasteiger partial charge in [-0.1, -0.05) is 164 Å². The van der Waals surface area contributed by atoms with E-state index in [1.807, 2.05) is 12.2 Å². The van der Waals surface area contributed by atoms with E-state index in [4.69, 9.17) is 24.8 Å². The third-order valence-corrected chi connectivity index (χ3v) is 10.5. The minimum Gasteiger partial charge on any atom is -0.480 e. The van der Waals surface area contributed by atoms with Crippen LogP contribution in [0.25, 0.3) is 0 Å². The van der Waals surface area contributed by atoms with Crippen molar-refractivity contribution in [2.45, 2.75) is 193 Å². The van der Waals surface area contributed by atoms with Crippen LogP contribution in [-0.2, 0) is 37.5 Å². The van der Waals surface area contributed by atoms with Gasteiger partial charge < -0.3 is 30.3 Å². The molecule has 0 aliphatic carbocycles. The largest absolute Gasteiger partial charge is 0.480 e. The second-order valence-corrected chi connectivity index (χ2v) is 16.8. The van der Waals surface area contributed by atoms with Crippen molar-refractivity contribution < 1.29 is 52.6 Å². The summed E-state index contributed by atoms with van der Waals surface area (Å²) in [4.78, 5) is 46.1. The summed E-state index contributed by atoms with van der Waals surface area (Å²) < 4.78 is 32.6. The zero-order valence-electron chi connectivity index (χ0n) is 37.6. The maximum Gasteiger partial charge on any atom is 0.472 e. The lowest BCUT2D eigenvalue weighted by Gasteiger charge is -2.20. The van der Waals surface area contributed by atoms with Crippen molar-refractivity contribution in [2.75, 3.05) is 19.8 Å². The van der Waals surface area contributed by atoms with Crippen LogP contribution < -0.4 is 5.73 Å². The van der Waals surface area contributed by atoms with Crippen molar-refractivity contribution in [2.24, 2.45) is 5.73 Å². The van der Waals surface area contributed by atoms with E-state index in [-0.39, 0.29) is 12.8 Å². The van der Waals surface area contributed by atoms with E-state index in [0.717, 1.165) is 57.8 Å². The normalized spacial score (nSPS) is 14.8. The lowest BCUT2D eigenvalue weighted by molar-refractivity contribution is -0.161. The summed E-state index contributed by atoms with van der Waals surface area (Å²) in [6.07, 6.45) is 47.1. The third kappa shape index (κ3) is 42.0. The number of phosphoric ester groups is 1. The van der Waals surface area contributed by atoms with Crippen molar-refractivity contribution in [1.82, 2.24) is 0 Å². The summed E-state index contributed by atoms with van der Waals surface area (Å²) in [5.74, 6) is -2.61. The van der Waals surface area contributed by atoms with Crippen LogP contribution in [-0.4, -0.2) is 71.1 Å². The first-order valence-electron chi connectivity index (χ1n) is 23.1. The number of hydrogen-bond acceptors (Lipinski definition) is 10. The van der Waals surface area contributed by atoms with Gasteiger partial charge in [0.25, 0.3) is 0 Å². The van der Waals surface area contributed by atoms with Crippen LogP contribution in [0.1, 0.15) is 174 Å². The molecule has 0 saturated heterocycles. The van der Waals surface area contributed by atoms with Crippen molar-refractivity contribution >= 4 is 25.7 Å². The number of allylic oxidation sites excluding steroid dienone is 11. The van der Waals surface area contributed by atoms with Gasteiger partial charge in [-0.15, -0.1) is 0 Å². The van der Waals surface area contributed by atoms with E-state index in [0.29, 0.717) is 19.3 Å². The smallest absolute Gasteiger partial charge is 0.472 e. The second kappa shape index (κ2) is 42.2. The van der Waals surface area contributed by atoms with Gasteiger partial charge >= 0.3 is 25.7 Å². The molecule has 13 heteroatoms. The number of aliphatic carboxylic acids is 1. The number of nitrogens with two attached hydrogens (primary N) is 1. The van der Waals surface area contributed by atoms with E-state index in [1.165, 1.54) is 70.6 Å². The number of rotatable bonds is 42. The van der Waals surface area contributed by atoms with Gasteiger partial charge in [-0.2, -0.15) is 0 Å². The van der Waals surface area contributed by atoms with Crippen LogP contribution >= 0.6 is 7.82 Å². The zero-order chi connectivity index (χ0) is 45.1. The number of ether oxygens (including phenoxy) is 2. The highest BCUT2D eigenvalue weighted by atomic mass is 31.2. The lowest BCUT2D eigenvalue weighted by atomic mass is 10.1. The Morgan fingerprint density at radius 2 is 1.11 bits per heavy atom. The Morgan fingerprint density at radius 3 is 1.69 bits per heavy atom. The van der Waals surface area contributed by atoms with E-state index >= 15 is 0 Å². The van der Waals surface area contributed by atoms with Gasteiger partial charge in [0, 0.05) is 12.8 Å². The summed E-state index contributed by atoms with van der Waals surface area (Å²) in [7, 11) is -4.77. The fraction of sp³-hybridized carbons (Fsp3) is 0.688. The highest BCUT2D eigenvalue weighted by Gasteiger charge is 2.28. The predicted molar refractivity (Wildman–Crippen MR) is 246 cm³/mol. The number of carbonyl (C=O) groups excluding carboxylic acids is 2. The summed E-state index contributed by atoms with van der Waals surface area (Å²) in [6, 6.07) is -1.55. The molecule has 0 radical (unpaired) electrons. The summed E-state index contributed by atoms with van der Waals surface area (Å²) in [5.41, 5.74) is 5.33. The highest BCUT2D eigenvalue weighted by molar-refractivity contribution is 7.47. The molecule has 0 saturated carbocycles. The summed E-state index contributed by atoms with van der Waals surface area (Å²) >= 11 is 0. The van der Waals surface area contributed by atoms with Crippen LogP contribution in [0.5, 0.6) is 0 Å². The lowest BCUT2D eigenvalue weighted by Crippen LogP contribution is -2.34. The number of phosphoric acid groups is 1. The molecule has 0 bridgehead atoms. The van der Waals surface area contributed by atoms with Crippen molar-refractivity contribution in [1.29, 1.82) is 0 Å². The molecule has 5 N–H and O–H groups in total. The van der Waals surface area contributed by atoms with Gasteiger partial charge in [-0.05, 0) is 70.6 Å². The van der Waals surface area contributed by atoms with Crippen LogP contribution in [0.4, 0.5) is 0 Å². The van der Waals surface area contributed by atoms with E-state index in [2.05, 4.69) is 67.0 Å². The van der Waals surface area contributed by atoms with Gasteiger partial charge in [0.15, 0.2) is 6.10 Å². The molecule has 0 rings (SSSR count). The molecule has 4 atom stereocenters. The molecule has 0 aliphatic rings. The fourth-order valence-corrected chi connectivity index (χ4v) is 6.69. The second-order valence-electron chi connectivity index (χ2n) is 15.4. The van der Waals surface area contributed by atoms with Gasteiger partial charge in [-0.25, -0.2) is 4.57 Å². The molecule has 0 aliphatic heterocycles. The Kier molecular flexibility index (Phi) is 40.0. The van der Waals surface area contributed by atoms with Gasteiger partial charge in [0.1, 0.15) is 12.6 Å². The molecule has 0 fully saturated rings. The Morgan fingerprint density at radius 1 is 0.607 bits per heavy atom. The molecule has 350 valence electrons. The Labute approximate surface area is 368 Å².